The molecule has 0 aliphatic carbocycles. The van der Waals surface area contributed by atoms with Crippen LogP contribution in [0.4, 0.5) is 0 Å². The Balaban J connectivity index is 0.000000531. The average molecular weight is 200 g/mol. The number of phenolic OH excluding ortho intramolecular Hbond substituents is 1. The van der Waals surface area contributed by atoms with Crippen LogP contribution in [0.3, 0.4) is 0 Å². The fourth-order valence-electron chi connectivity index (χ4n) is 1.34. The zero-order valence-electron chi connectivity index (χ0n) is 8.26. The fraction of sp³-hybridized carbons (Fsp3) is 0. The van der Waals surface area contributed by atoms with Gasteiger partial charge in [0.05, 0.1) is 0 Å². The monoisotopic (exact) mass is 200 g/mol. The van der Waals surface area contributed by atoms with Crippen molar-refractivity contribution in [2.45, 2.75) is 0 Å². The molecule has 0 atom stereocenters. The molecule has 2 nitrogen and oxygen atoms in total. The summed E-state index contributed by atoms with van der Waals surface area (Å²) in [6.07, 6.45) is 0. The van der Waals surface area contributed by atoms with Crippen molar-refractivity contribution in [2.24, 2.45) is 0 Å². The second-order valence-electron chi connectivity index (χ2n) is 2.88. The summed E-state index contributed by atoms with van der Waals surface area (Å²) in [6.45, 7) is 2.00. The molecule has 0 spiro atoms. The first-order valence-corrected chi connectivity index (χ1v) is 4.50. The number of rotatable bonds is 1. The van der Waals surface area contributed by atoms with Gasteiger partial charge < -0.3 is 9.90 Å². The number of carbonyl (C=O) groups excluding carboxylic acids is 1. The fourth-order valence-corrected chi connectivity index (χ4v) is 1.34. The molecule has 0 aliphatic heterocycles. The molecule has 0 saturated carbocycles. The van der Waals surface area contributed by atoms with Gasteiger partial charge in [-0.3, -0.25) is 0 Å². The molecule has 0 heterocycles. The van der Waals surface area contributed by atoms with Crippen LogP contribution in [0.1, 0.15) is 0 Å². The van der Waals surface area contributed by atoms with E-state index in [4.69, 9.17) is 4.79 Å². The molecule has 2 rings (SSSR count). The third kappa shape index (κ3) is 2.68. The van der Waals surface area contributed by atoms with Crippen molar-refractivity contribution in [3.05, 3.63) is 54.6 Å². The maximum atomic E-state index is 9.56. The van der Waals surface area contributed by atoms with Gasteiger partial charge in [0.25, 0.3) is 0 Å². The van der Waals surface area contributed by atoms with Crippen LogP contribution in [-0.4, -0.2) is 11.9 Å². The lowest BCUT2D eigenvalue weighted by molar-refractivity contribution is -0.0979. The second-order valence-corrected chi connectivity index (χ2v) is 2.88. The van der Waals surface area contributed by atoms with Gasteiger partial charge >= 0.3 is 0 Å². The van der Waals surface area contributed by atoms with Gasteiger partial charge in [0.2, 0.25) is 0 Å². The smallest absolute Gasteiger partial charge is 0.123 e. The van der Waals surface area contributed by atoms with E-state index in [1.807, 2.05) is 55.3 Å². The quantitative estimate of drug-likeness (QED) is 0.768. The molecule has 2 heteroatoms. The number of aromatic hydroxyl groups is 1. The summed E-state index contributed by atoms with van der Waals surface area (Å²) in [4.78, 5) is 8.00. The molecule has 2 aromatic carbocycles. The number of benzene rings is 2. The van der Waals surface area contributed by atoms with Crippen molar-refractivity contribution in [2.75, 3.05) is 0 Å². The maximum absolute atomic E-state index is 9.56. The minimum atomic E-state index is 0.328. The summed E-state index contributed by atoms with van der Waals surface area (Å²) in [6, 6.07) is 17.2. The predicted molar refractivity (Wildman–Crippen MR) is 60.7 cm³/mol. The Kier molecular flexibility index (Phi) is 4.10. The van der Waals surface area contributed by atoms with Crippen molar-refractivity contribution < 1.29 is 9.90 Å². The highest BCUT2D eigenvalue weighted by atomic mass is 16.3. The molecule has 0 radical (unpaired) electrons. The number of hydrogen-bond donors (Lipinski definition) is 1. The Hall–Kier alpha value is -2.09. The Labute approximate surface area is 88.8 Å². The molecule has 0 aliphatic rings. The first kappa shape index (κ1) is 11.0. The number of carbonyl (C=O) groups is 1. The molecule has 0 unspecified atom stereocenters. The van der Waals surface area contributed by atoms with Crippen LogP contribution in [0.2, 0.25) is 0 Å². The molecule has 2 aromatic rings. The maximum Gasteiger partial charge on any atom is 0.123 e. The third-order valence-electron chi connectivity index (χ3n) is 1.99. The Morgan fingerprint density at radius 2 is 1.33 bits per heavy atom. The first-order chi connectivity index (χ1) is 7.38. The predicted octanol–water partition coefficient (Wildman–Crippen LogP) is 2.87. The standard InChI is InChI=1S/C12H10O.CH2O/c13-12-9-5-4-8-11(12)10-6-2-1-3-7-10;1-2/h1-9,13H;1H2. The van der Waals surface area contributed by atoms with Gasteiger partial charge in [0.1, 0.15) is 12.5 Å². The van der Waals surface area contributed by atoms with Crippen LogP contribution in [0, 0.1) is 0 Å². The summed E-state index contributed by atoms with van der Waals surface area (Å²) >= 11 is 0. The topological polar surface area (TPSA) is 37.3 Å². The summed E-state index contributed by atoms with van der Waals surface area (Å²) in [7, 11) is 0. The molecular formula is C13H12O2. The van der Waals surface area contributed by atoms with Crippen molar-refractivity contribution in [1.82, 2.24) is 0 Å². The molecule has 1 N–H and O–H groups in total. The van der Waals surface area contributed by atoms with Crippen LogP contribution in [0.25, 0.3) is 11.1 Å². The zero-order chi connectivity index (χ0) is 11.1. The van der Waals surface area contributed by atoms with E-state index in [1.165, 1.54) is 0 Å². The first-order valence-electron chi connectivity index (χ1n) is 4.50. The van der Waals surface area contributed by atoms with Crippen molar-refractivity contribution >= 4 is 6.79 Å². The van der Waals surface area contributed by atoms with Gasteiger partial charge in [-0.2, -0.15) is 0 Å². The summed E-state index contributed by atoms with van der Waals surface area (Å²) < 4.78 is 0. The lowest BCUT2D eigenvalue weighted by atomic mass is 10.1. The van der Waals surface area contributed by atoms with Gasteiger partial charge in [-0.1, -0.05) is 48.5 Å². The SMILES string of the molecule is C=O.Oc1ccccc1-c1ccccc1. The second kappa shape index (κ2) is 5.60. The van der Waals surface area contributed by atoms with Gasteiger partial charge in [0, 0.05) is 5.56 Å². The average Bonchev–Trinajstić information content (AvgIpc) is 2.33. The summed E-state index contributed by atoms with van der Waals surface area (Å²) in [5.41, 5.74) is 1.92. The van der Waals surface area contributed by atoms with Crippen LogP contribution >= 0.6 is 0 Å². The van der Waals surface area contributed by atoms with Crippen LogP contribution in [0.15, 0.2) is 54.6 Å². The van der Waals surface area contributed by atoms with E-state index in [1.54, 1.807) is 6.07 Å². The van der Waals surface area contributed by atoms with Crippen LogP contribution < -0.4 is 0 Å². The van der Waals surface area contributed by atoms with E-state index in [2.05, 4.69) is 0 Å². The van der Waals surface area contributed by atoms with Crippen molar-refractivity contribution in [1.29, 1.82) is 0 Å². The Morgan fingerprint density at radius 3 is 1.93 bits per heavy atom. The summed E-state index contributed by atoms with van der Waals surface area (Å²) in [5, 5.41) is 9.56. The van der Waals surface area contributed by atoms with E-state index < -0.39 is 0 Å². The van der Waals surface area contributed by atoms with E-state index in [0.29, 0.717) is 5.75 Å². The minimum Gasteiger partial charge on any atom is -0.507 e. The van der Waals surface area contributed by atoms with Crippen LogP contribution in [-0.2, 0) is 4.79 Å². The van der Waals surface area contributed by atoms with Gasteiger partial charge in [-0.15, -0.1) is 0 Å². The van der Waals surface area contributed by atoms with Crippen molar-refractivity contribution in [3.8, 4) is 16.9 Å². The highest BCUT2D eigenvalue weighted by Gasteiger charge is 2.00. The van der Waals surface area contributed by atoms with E-state index in [0.717, 1.165) is 11.1 Å². The minimum absolute atomic E-state index is 0.328. The highest BCUT2D eigenvalue weighted by molar-refractivity contribution is 5.69. The zero-order valence-corrected chi connectivity index (χ0v) is 8.26. The Bertz CT molecular complexity index is 410. The van der Waals surface area contributed by atoms with E-state index in [-0.39, 0.29) is 0 Å². The van der Waals surface area contributed by atoms with E-state index in [9.17, 15) is 5.11 Å². The Morgan fingerprint density at radius 1 is 0.800 bits per heavy atom. The van der Waals surface area contributed by atoms with Gasteiger partial charge in [-0.05, 0) is 11.6 Å². The highest BCUT2D eigenvalue weighted by Crippen LogP contribution is 2.27. The molecule has 76 valence electrons. The summed E-state index contributed by atoms with van der Waals surface area (Å²) in [5.74, 6) is 0.328. The molecule has 0 aromatic heterocycles. The molecule has 15 heavy (non-hydrogen) atoms. The molecule has 0 saturated heterocycles. The number of phenols is 1. The van der Waals surface area contributed by atoms with Crippen molar-refractivity contribution in [3.63, 3.8) is 0 Å². The number of para-hydroxylation sites is 1. The lowest BCUT2D eigenvalue weighted by Gasteiger charge is -2.02. The molecular weight excluding hydrogens is 188 g/mol. The molecule has 0 fully saturated rings. The van der Waals surface area contributed by atoms with Crippen LogP contribution in [0.5, 0.6) is 5.75 Å². The molecule has 0 amide bonds. The third-order valence-corrected chi connectivity index (χ3v) is 1.99. The molecule has 0 bridgehead atoms. The lowest BCUT2D eigenvalue weighted by Crippen LogP contribution is -1.76. The number of hydrogen-bond acceptors (Lipinski definition) is 2. The van der Waals surface area contributed by atoms with Gasteiger partial charge in [-0.25, -0.2) is 0 Å². The normalized spacial score (nSPS) is 8.80. The van der Waals surface area contributed by atoms with Gasteiger partial charge in [0.15, 0.2) is 0 Å². The van der Waals surface area contributed by atoms with E-state index >= 15 is 0 Å². The largest absolute Gasteiger partial charge is 0.507 e.